The van der Waals surface area contributed by atoms with Crippen LogP contribution in [0.25, 0.3) is 0 Å². The van der Waals surface area contributed by atoms with E-state index in [1.165, 1.54) is 0 Å². The summed E-state index contributed by atoms with van der Waals surface area (Å²) in [6.45, 7) is 0. The number of anilines is 1. The summed E-state index contributed by atoms with van der Waals surface area (Å²) in [7, 11) is 0. The molecule has 3 nitrogen and oxygen atoms in total. The molecule has 15 heavy (non-hydrogen) atoms. The van der Waals surface area contributed by atoms with Crippen molar-refractivity contribution < 1.29 is 9.53 Å². The summed E-state index contributed by atoms with van der Waals surface area (Å²) in [5.74, 6) is -0.292. The molecule has 0 spiro atoms. The summed E-state index contributed by atoms with van der Waals surface area (Å²) in [6, 6.07) is 7.02. The number of esters is 1. The summed E-state index contributed by atoms with van der Waals surface area (Å²) in [4.78, 5) is 11.7. The highest BCUT2D eigenvalue weighted by atomic mass is 16.5. The molecule has 0 radical (unpaired) electrons. The number of benzene rings is 1. The van der Waals surface area contributed by atoms with Crippen LogP contribution in [0.5, 0.6) is 0 Å². The van der Waals surface area contributed by atoms with Crippen LogP contribution in [0.15, 0.2) is 24.3 Å². The lowest BCUT2D eigenvalue weighted by molar-refractivity contribution is 0.0319. The number of para-hydroxylation sites is 1. The molecule has 1 aliphatic rings. The Bertz CT molecular complexity index is 356. The standard InChI is InChI=1S/C12H15NO2/c13-11-8-4-3-7-10(11)12(14)15-9-5-1-2-6-9/h3-4,7-9H,1-2,5-6,13H2. The second-order valence-electron chi connectivity index (χ2n) is 3.90. The van der Waals surface area contributed by atoms with Crippen LogP contribution in [0.2, 0.25) is 0 Å². The number of nitrogen functional groups attached to an aromatic ring is 1. The molecule has 1 aromatic rings. The van der Waals surface area contributed by atoms with E-state index in [2.05, 4.69) is 0 Å². The van der Waals surface area contributed by atoms with Gasteiger partial charge in [0.15, 0.2) is 0 Å². The molecule has 0 unspecified atom stereocenters. The van der Waals surface area contributed by atoms with Crippen molar-refractivity contribution in [2.75, 3.05) is 5.73 Å². The third kappa shape index (κ3) is 2.29. The van der Waals surface area contributed by atoms with E-state index in [0.29, 0.717) is 11.3 Å². The number of nitrogens with two attached hydrogens (primary N) is 1. The molecule has 0 aromatic heterocycles. The first-order valence-electron chi connectivity index (χ1n) is 5.33. The smallest absolute Gasteiger partial charge is 0.340 e. The lowest BCUT2D eigenvalue weighted by Crippen LogP contribution is -2.15. The fourth-order valence-electron chi connectivity index (χ4n) is 1.90. The Hall–Kier alpha value is -1.51. The summed E-state index contributed by atoms with van der Waals surface area (Å²) < 4.78 is 5.36. The first-order chi connectivity index (χ1) is 7.27. The van der Waals surface area contributed by atoms with Crippen LogP contribution in [0.3, 0.4) is 0 Å². The van der Waals surface area contributed by atoms with E-state index in [1.807, 2.05) is 6.07 Å². The van der Waals surface area contributed by atoms with Gasteiger partial charge in [-0.25, -0.2) is 4.79 Å². The second kappa shape index (κ2) is 4.34. The molecule has 0 heterocycles. The summed E-state index contributed by atoms with van der Waals surface area (Å²) >= 11 is 0. The molecule has 1 saturated carbocycles. The summed E-state index contributed by atoms with van der Waals surface area (Å²) in [5, 5.41) is 0. The molecule has 1 aliphatic carbocycles. The maximum atomic E-state index is 11.7. The zero-order chi connectivity index (χ0) is 10.7. The van der Waals surface area contributed by atoms with Crippen molar-refractivity contribution in [2.24, 2.45) is 0 Å². The Morgan fingerprint density at radius 2 is 1.93 bits per heavy atom. The van der Waals surface area contributed by atoms with Crippen molar-refractivity contribution in [2.45, 2.75) is 31.8 Å². The fourth-order valence-corrected chi connectivity index (χ4v) is 1.90. The van der Waals surface area contributed by atoms with Gasteiger partial charge in [-0.05, 0) is 37.8 Å². The molecule has 3 heteroatoms. The van der Waals surface area contributed by atoms with Gasteiger partial charge in [-0.1, -0.05) is 12.1 Å². The molecule has 0 aliphatic heterocycles. The minimum absolute atomic E-state index is 0.0945. The van der Waals surface area contributed by atoms with Crippen molar-refractivity contribution in [1.82, 2.24) is 0 Å². The van der Waals surface area contributed by atoms with Gasteiger partial charge < -0.3 is 10.5 Å². The third-order valence-electron chi connectivity index (χ3n) is 2.76. The van der Waals surface area contributed by atoms with Gasteiger partial charge in [-0.15, -0.1) is 0 Å². The van der Waals surface area contributed by atoms with Crippen LogP contribution in [0.4, 0.5) is 5.69 Å². The minimum Gasteiger partial charge on any atom is -0.459 e. The highest BCUT2D eigenvalue weighted by Gasteiger charge is 2.20. The number of carbonyl (C=O) groups excluding carboxylic acids is 1. The van der Waals surface area contributed by atoms with Crippen LogP contribution in [0, 0.1) is 0 Å². The first kappa shape index (κ1) is 10.0. The number of hydrogen-bond donors (Lipinski definition) is 1. The Kier molecular flexibility index (Phi) is 2.90. The van der Waals surface area contributed by atoms with Crippen molar-refractivity contribution >= 4 is 11.7 Å². The van der Waals surface area contributed by atoms with Gasteiger partial charge in [0.2, 0.25) is 0 Å². The van der Waals surface area contributed by atoms with Gasteiger partial charge in [0.05, 0.1) is 5.56 Å². The van der Waals surface area contributed by atoms with Crippen LogP contribution in [-0.2, 0) is 4.74 Å². The fraction of sp³-hybridized carbons (Fsp3) is 0.417. The predicted molar refractivity (Wildman–Crippen MR) is 58.5 cm³/mol. The Morgan fingerprint density at radius 3 is 2.60 bits per heavy atom. The lowest BCUT2D eigenvalue weighted by Gasteiger charge is -2.12. The molecule has 80 valence electrons. The maximum Gasteiger partial charge on any atom is 0.340 e. The molecule has 2 N–H and O–H groups in total. The van der Waals surface area contributed by atoms with Gasteiger partial charge in [0.1, 0.15) is 6.10 Å². The second-order valence-corrected chi connectivity index (χ2v) is 3.90. The Morgan fingerprint density at radius 1 is 1.27 bits per heavy atom. The summed E-state index contributed by atoms with van der Waals surface area (Å²) in [5.41, 5.74) is 6.66. The van der Waals surface area contributed by atoms with Crippen molar-refractivity contribution in [3.8, 4) is 0 Å². The average Bonchev–Trinajstić information content (AvgIpc) is 2.71. The van der Waals surface area contributed by atoms with E-state index < -0.39 is 0 Å². The molecule has 2 rings (SSSR count). The van der Waals surface area contributed by atoms with E-state index in [4.69, 9.17) is 10.5 Å². The lowest BCUT2D eigenvalue weighted by atomic mass is 10.2. The molecule has 0 saturated heterocycles. The molecule has 0 bridgehead atoms. The van der Waals surface area contributed by atoms with Gasteiger partial charge in [-0.2, -0.15) is 0 Å². The zero-order valence-corrected chi connectivity index (χ0v) is 8.61. The highest BCUT2D eigenvalue weighted by molar-refractivity contribution is 5.95. The number of ether oxygens (including phenoxy) is 1. The van der Waals surface area contributed by atoms with Crippen LogP contribution < -0.4 is 5.73 Å². The zero-order valence-electron chi connectivity index (χ0n) is 8.61. The van der Waals surface area contributed by atoms with Gasteiger partial charge in [-0.3, -0.25) is 0 Å². The SMILES string of the molecule is Nc1ccccc1C(=O)OC1CCCC1. The van der Waals surface area contributed by atoms with Crippen LogP contribution in [-0.4, -0.2) is 12.1 Å². The molecule has 1 aromatic carbocycles. The van der Waals surface area contributed by atoms with E-state index >= 15 is 0 Å². The highest BCUT2D eigenvalue weighted by Crippen LogP contribution is 2.23. The Labute approximate surface area is 89.2 Å². The van der Waals surface area contributed by atoms with Crippen molar-refractivity contribution in [3.05, 3.63) is 29.8 Å². The van der Waals surface area contributed by atoms with Gasteiger partial charge >= 0.3 is 5.97 Å². The van der Waals surface area contributed by atoms with Gasteiger partial charge in [0, 0.05) is 5.69 Å². The monoisotopic (exact) mass is 205 g/mol. The molecular weight excluding hydrogens is 190 g/mol. The normalized spacial score (nSPS) is 16.5. The minimum atomic E-state index is -0.292. The predicted octanol–water partition coefficient (Wildman–Crippen LogP) is 2.37. The molecule has 0 amide bonds. The quantitative estimate of drug-likeness (QED) is 0.595. The van der Waals surface area contributed by atoms with Crippen LogP contribution >= 0.6 is 0 Å². The van der Waals surface area contributed by atoms with Crippen molar-refractivity contribution in [3.63, 3.8) is 0 Å². The van der Waals surface area contributed by atoms with Gasteiger partial charge in [0.25, 0.3) is 0 Å². The van der Waals surface area contributed by atoms with E-state index in [9.17, 15) is 4.79 Å². The molecular formula is C12H15NO2. The number of carbonyl (C=O) groups is 1. The van der Waals surface area contributed by atoms with E-state index in [-0.39, 0.29) is 12.1 Å². The number of rotatable bonds is 2. The van der Waals surface area contributed by atoms with Crippen molar-refractivity contribution in [1.29, 1.82) is 0 Å². The Balaban J connectivity index is 2.04. The van der Waals surface area contributed by atoms with E-state index in [0.717, 1.165) is 25.7 Å². The third-order valence-corrected chi connectivity index (χ3v) is 2.76. The van der Waals surface area contributed by atoms with Crippen LogP contribution in [0.1, 0.15) is 36.0 Å². The topological polar surface area (TPSA) is 52.3 Å². The number of hydrogen-bond acceptors (Lipinski definition) is 3. The summed E-state index contributed by atoms with van der Waals surface area (Å²) in [6.07, 6.45) is 4.37. The first-order valence-corrected chi connectivity index (χ1v) is 5.33. The van der Waals surface area contributed by atoms with E-state index in [1.54, 1.807) is 18.2 Å². The average molecular weight is 205 g/mol. The molecule has 0 atom stereocenters. The largest absolute Gasteiger partial charge is 0.459 e. The maximum absolute atomic E-state index is 11.7. The molecule has 1 fully saturated rings.